The molecule has 2 N–H and O–H groups in total. The van der Waals surface area contributed by atoms with Gasteiger partial charge in [0.25, 0.3) is 0 Å². The van der Waals surface area contributed by atoms with Crippen LogP contribution in [-0.2, 0) is 6.67 Å². The van der Waals surface area contributed by atoms with Gasteiger partial charge in [0.1, 0.15) is 6.67 Å². The van der Waals surface area contributed by atoms with Crippen LogP contribution in [-0.4, -0.2) is 16.3 Å². The van der Waals surface area contributed by atoms with Crippen molar-refractivity contribution in [2.24, 2.45) is 10.7 Å². The van der Waals surface area contributed by atoms with Crippen LogP contribution in [0.1, 0.15) is 30.5 Å². The van der Waals surface area contributed by atoms with Gasteiger partial charge in [0.2, 0.25) is 0 Å². The zero-order valence-electron chi connectivity index (χ0n) is 32.3. The average molecular weight is 737 g/mol. The van der Waals surface area contributed by atoms with Crippen LogP contribution in [0.2, 0.25) is 0 Å². The Hall–Kier alpha value is -7.17. The first-order valence-corrected chi connectivity index (χ1v) is 19.6. The van der Waals surface area contributed by atoms with Crippen molar-refractivity contribution in [3.63, 3.8) is 0 Å². The molecule has 8 aromatic rings. The number of anilines is 2. The molecule has 1 aromatic heterocycles. The molecule has 0 bridgehead atoms. The van der Waals surface area contributed by atoms with Crippen LogP contribution in [0.4, 0.5) is 11.4 Å². The molecule has 0 saturated heterocycles. The summed E-state index contributed by atoms with van der Waals surface area (Å²) >= 11 is 0. The minimum atomic E-state index is 0.113. The zero-order valence-corrected chi connectivity index (χ0v) is 32.3. The lowest BCUT2D eigenvalue weighted by atomic mass is 9.93. The summed E-state index contributed by atoms with van der Waals surface area (Å²) in [4.78, 5) is 7.63. The lowest BCUT2D eigenvalue weighted by Crippen LogP contribution is -2.28. The van der Waals surface area contributed by atoms with E-state index < -0.39 is 0 Å². The van der Waals surface area contributed by atoms with Gasteiger partial charge in [-0.2, -0.15) is 0 Å². The molecule has 276 valence electrons. The van der Waals surface area contributed by atoms with Gasteiger partial charge in [-0.05, 0) is 113 Å². The van der Waals surface area contributed by atoms with Gasteiger partial charge < -0.3 is 15.2 Å². The Morgan fingerprint density at radius 1 is 0.614 bits per heavy atom. The van der Waals surface area contributed by atoms with Crippen molar-refractivity contribution in [2.75, 3.05) is 4.90 Å². The van der Waals surface area contributed by atoms with Crippen LogP contribution in [0.3, 0.4) is 0 Å². The number of hydrogen-bond acceptors (Lipinski definition) is 3. The Bertz CT molecular complexity index is 2840. The normalized spacial score (nSPS) is 16.5. The van der Waals surface area contributed by atoms with Crippen molar-refractivity contribution in [2.45, 2.75) is 26.6 Å². The molecule has 1 aliphatic rings. The highest BCUT2D eigenvalue weighted by Crippen LogP contribution is 2.39. The minimum absolute atomic E-state index is 0.113. The molecule has 9 rings (SSSR count). The molecule has 4 nitrogen and oxygen atoms in total. The molecule has 1 unspecified atom stereocenters. The van der Waals surface area contributed by atoms with E-state index in [0.29, 0.717) is 6.67 Å². The fraction of sp³-hybridized carbons (Fsp3) is 0.0755. The van der Waals surface area contributed by atoms with Crippen LogP contribution < -0.4 is 10.6 Å². The SMILES string of the molecule is C/C1=C\C(c2ccc3c(c2)c2ccccc2n3C/N=C(\C=C/N)c2ccc(-c3cccc(-c4ccccc4)c3)cc2)=C/C(C)N(c2ccccc2)c2ccccc21. The predicted molar refractivity (Wildman–Crippen MR) is 243 cm³/mol. The summed E-state index contributed by atoms with van der Waals surface area (Å²) < 4.78 is 2.31. The van der Waals surface area contributed by atoms with E-state index in [0.717, 1.165) is 27.9 Å². The second-order valence-electron chi connectivity index (χ2n) is 14.7. The maximum Gasteiger partial charge on any atom is 0.115 e. The highest BCUT2D eigenvalue weighted by Gasteiger charge is 2.22. The topological polar surface area (TPSA) is 46.6 Å². The van der Waals surface area contributed by atoms with E-state index in [-0.39, 0.29) is 6.04 Å². The van der Waals surface area contributed by atoms with Crippen molar-refractivity contribution in [1.82, 2.24) is 4.57 Å². The molecule has 0 radical (unpaired) electrons. The zero-order chi connectivity index (χ0) is 38.7. The number of rotatable bonds is 8. The standard InChI is InChI=1S/C53H44N4/c1-37-32-45(33-38(2)57(46-18-7-4-8-19-46)53-23-12-9-20-47(37)53)44-28-29-52-49(35-44)48-21-10-11-22-51(48)56(52)36-55-50(30-31-54)41-26-24-40(25-27-41)43-17-13-16-42(34-43)39-14-5-3-6-15-39/h3-35,38H,36,54H2,1-2H3/b31-30-,37-32+,45-33+,55-50+. The summed E-state index contributed by atoms with van der Waals surface area (Å²) in [6.45, 7) is 4.95. The number of nitrogens with two attached hydrogens (primary N) is 1. The van der Waals surface area contributed by atoms with Gasteiger partial charge in [-0.3, -0.25) is 4.99 Å². The van der Waals surface area contributed by atoms with Crippen molar-refractivity contribution in [3.8, 4) is 22.3 Å². The Kier molecular flexibility index (Phi) is 9.68. The first-order valence-electron chi connectivity index (χ1n) is 19.6. The van der Waals surface area contributed by atoms with Crippen molar-refractivity contribution in [3.05, 3.63) is 217 Å². The summed E-state index contributed by atoms with van der Waals surface area (Å²) in [6, 6.07) is 62.8. The Labute approximate surface area is 334 Å². The van der Waals surface area contributed by atoms with Crippen LogP contribution in [0.25, 0.3) is 55.2 Å². The monoisotopic (exact) mass is 736 g/mol. The molecule has 2 heterocycles. The van der Waals surface area contributed by atoms with Gasteiger partial charge in [0.05, 0.1) is 22.8 Å². The molecule has 4 heteroatoms. The van der Waals surface area contributed by atoms with Crippen LogP contribution in [0.15, 0.2) is 205 Å². The molecule has 0 amide bonds. The van der Waals surface area contributed by atoms with E-state index in [1.165, 1.54) is 61.1 Å². The summed E-state index contributed by atoms with van der Waals surface area (Å²) in [5, 5.41) is 2.41. The molecule has 0 spiro atoms. The molecule has 0 saturated carbocycles. The fourth-order valence-corrected chi connectivity index (χ4v) is 8.28. The largest absolute Gasteiger partial charge is 0.405 e. The van der Waals surface area contributed by atoms with Gasteiger partial charge in [0, 0.05) is 27.7 Å². The molecule has 0 aliphatic carbocycles. The van der Waals surface area contributed by atoms with Gasteiger partial charge >= 0.3 is 0 Å². The second kappa shape index (κ2) is 15.5. The van der Waals surface area contributed by atoms with Crippen LogP contribution >= 0.6 is 0 Å². The van der Waals surface area contributed by atoms with Gasteiger partial charge in [-0.15, -0.1) is 0 Å². The number of hydrogen-bond donors (Lipinski definition) is 1. The van der Waals surface area contributed by atoms with Crippen LogP contribution in [0, 0.1) is 0 Å². The summed E-state index contributed by atoms with van der Waals surface area (Å²) in [5.41, 5.74) is 22.1. The number of fused-ring (bicyclic) bond motifs is 4. The summed E-state index contributed by atoms with van der Waals surface area (Å²) in [6.07, 6.45) is 8.21. The quantitative estimate of drug-likeness (QED) is 0.158. The fourth-order valence-electron chi connectivity index (χ4n) is 8.28. The Morgan fingerprint density at radius 2 is 1.25 bits per heavy atom. The number of para-hydroxylation sites is 3. The maximum absolute atomic E-state index is 6.00. The van der Waals surface area contributed by atoms with E-state index in [1.807, 2.05) is 12.1 Å². The van der Waals surface area contributed by atoms with Gasteiger partial charge in [0.15, 0.2) is 0 Å². The first kappa shape index (κ1) is 35.5. The minimum Gasteiger partial charge on any atom is -0.405 e. The number of aliphatic imine (C=N–C) groups is 1. The predicted octanol–water partition coefficient (Wildman–Crippen LogP) is 13.1. The van der Waals surface area contributed by atoms with Crippen LogP contribution in [0.5, 0.6) is 0 Å². The van der Waals surface area contributed by atoms with Gasteiger partial charge in [-0.1, -0.05) is 146 Å². The van der Waals surface area contributed by atoms with E-state index in [1.54, 1.807) is 6.20 Å². The second-order valence-corrected chi connectivity index (χ2v) is 14.7. The third kappa shape index (κ3) is 6.98. The smallest absolute Gasteiger partial charge is 0.115 e. The summed E-state index contributed by atoms with van der Waals surface area (Å²) in [5.74, 6) is 0. The molecule has 0 fully saturated rings. The average Bonchev–Trinajstić information content (AvgIpc) is 3.58. The lowest BCUT2D eigenvalue weighted by Gasteiger charge is -2.33. The highest BCUT2D eigenvalue weighted by atomic mass is 15.2. The highest BCUT2D eigenvalue weighted by molar-refractivity contribution is 6.10. The lowest BCUT2D eigenvalue weighted by molar-refractivity contribution is 0.793. The van der Waals surface area contributed by atoms with Crippen molar-refractivity contribution >= 4 is 50.0 Å². The molecule has 1 aliphatic heterocycles. The number of aromatic nitrogens is 1. The number of allylic oxidation sites excluding steroid dienone is 4. The Morgan fingerprint density at radius 3 is 2.02 bits per heavy atom. The maximum atomic E-state index is 6.00. The Balaban J connectivity index is 1.06. The van der Waals surface area contributed by atoms with Crippen molar-refractivity contribution in [1.29, 1.82) is 0 Å². The third-order valence-electron chi connectivity index (χ3n) is 11.0. The summed E-state index contributed by atoms with van der Waals surface area (Å²) in [7, 11) is 0. The molecule has 7 aromatic carbocycles. The van der Waals surface area contributed by atoms with E-state index in [4.69, 9.17) is 10.7 Å². The van der Waals surface area contributed by atoms with Gasteiger partial charge in [-0.25, -0.2) is 0 Å². The van der Waals surface area contributed by atoms with E-state index in [9.17, 15) is 0 Å². The first-order chi connectivity index (χ1) is 28.1. The molecular formula is C53H44N4. The molecular weight excluding hydrogens is 693 g/mol. The van der Waals surface area contributed by atoms with E-state index >= 15 is 0 Å². The molecule has 1 atom stereocenters. The van der Waals surface area contributed by atoms with E-state index in [2.05, 4.69) is 205 Å². The number of benzene rings is 7. The third-order valence-corrected chi connectivity index (χ3v) is 11.0. The molecule has 57 heavy (non-hydrogen) atoms. The van der Waals surface area contributed by atoms with Crippen molar-refractivity contribution < 1.29 is 0 Å². The number of nitrogens with zero attached hydrogens (tertiary/aromatic N) is 3.